The van der Waals surface area contributed by atoms with E-state index < -0.39 is 10.0 Å². The Morgan fingerprint density at radius 2 is 1.80 bits per heavy atom. The van der Waals surface area contributed by atoms with Crippen molar-refractivity contribution in [2.24, 2.45) is 0 Å². The first kappa shape index (κ1) is 19.5. The van der Waals surface area contributed by atoms with E-state index in [1.807, 2.05) is 13.8 Å². The standard InChI is InChI=1S/C18H21BrN2O3S/c1-4-21(5-2)18(22)14-7-6-8-16(11-14)20-25(23,24)17-12-15(19)10-9-13(17)3/h6-12,20H,4-5H2,1-3H3. The van der Waals surface area contributed by atoms with Crippen molar-refractivity contribution in [1.82, 2.24) is 4.90 Å². The van der Waals surface area contributed by atoms with Gasteiger partial charge >= 0.3 is 0 Å². The van der Waals surface area contributed by atoms with Crippen molar-refractivity contribution in [3.8, 4) is 0 Å². The Kier molecular flexibility index (Phi) is 6.24. The van der Waals surface area contributed by atoms with Gasteiger partial charge in [-0.05, 0) is 56.7 Å². The molecule has 7 heteroatoms. The van der Waals surface area contributed by atoms with Gasteiger partial charge in [-0.3, -0.25) is 9.52 Å². The molecule has 0 bridgehead atoms. The molecule has 134 valence electrons. The maximum Gasteiger partial charge on any atom is 0.262 e. The van der Waals surface area contributed by atoms with Crippen LogP contribution in [0.1, 0.15) is 29.8 Å². The molecule has 1 amide bonds. The second-order valence-electron chi connectivity index (χ2n) is 5.57. The molecule has 2 rings (SSSR count). The minimum Gasteiger partial charge on any atom is -0.339 e. The van der Waals surface area contributed by atoms with Crippen LogP contribution in [0.5, 0.6) is 0 Å². The second-order valence-corrected chi connectivity index (χ2v) is 8.14. The number of nitrogens with zero attached hydrogens (tertiary/aromatic N) is 1. The Balaban J connectivity index is 2.33. The summed E-state index contributed by atoms with van der Waals surface area (Å²) in [5.74, 6) is -0.121. The highest BCUT2D eigenvalue weighted by molar-refractivity contribution is 9.10. The SMILES string of the molecule is CCN(CC)C(=O)c1cccc(NS(=O)(=O)c2cc(Br)ccc2C)c1. The molecule has 0 saturated heterocycles. The van der Waals surface area contributed by atoms with Gasteiger partial charge in [0.1, 0.15) is 0 Å². The molecule has 0 atom stereocenters. The first-order valence-electron chi connectivity index (χ1n) is 7.96. The third-order valence-corrected chi connectivity index (χ3v) is 5.87. The number of sulfonamides is 1. The van der Waals surface area contributed by atoms with Crippen LogP contribution in [-0.2, 0) is 10.0 Å². The number of benzene rings is 2. The van der Waals surface area contributed by atoms with Crippen LogP contribution in [0.3, 0.4) is 0 Å². The minimum atomic E-state index is -3.75. The average molecular weight is 425 g/mol. The normalized spacial score (nSPS) is 11.2. The monoisotopic (exact) mass is 424 g/mol. The summed E-state index contributed by atoms with van der Waals surface area (Å²) in [6.45, 7) is 6.75. The third-order valence-electron chi connectivity index (χ3n) is 3.85. The lowest BCUT2D eigenvalue weighted by molar-refractivity contribution is 0.0773. The summed E-state index contributed by atoms with van der Waals surface area (Å²) in [6.07, 6.45) is 0. The molecule has 0 saturated carbocycles. The summed E-state index contributed by atoms with van der Waals surface area (Å²) in [5, 5.41) is 0. The Bertz CT molecular complexity index is 878. The molecule has 2 aromatic rings. The van der Waals surface area contributed by atoms with Gasteiger partial charge in [0.2, 0.25) is 0 Å². The third kappa shape index (κ3) is 4.61. The van der Waals surface area contributed by atoms with E-state index in [4.69, 9.17) is 0 Å². The number of rotatable bonds is 6. The Hall–Kier alpha value is -1.86. The Morgan fingerprint density at radius 1 is 1.12 bits per heavy atom. The van der Waals surface area contributed by atoms with Gasteiger partial charge < -0.3 is 4.90 Å². The summed E-state index contributed by atoms with van der Waals surface area (Å²) in [5.41, 5.74) is 1.46. The zero-order chi connectivity index (χ0) is 18.6. The van der Waals surface area contributed by atoms with E-state index in [0.29, 0.717) is 34.4 Å². The van der Waals surface area contributed by atoms with Crippen LogP contribution in [0.2, 0.25) is 0 Å². The summed E-state index contributed by atoms with van der Waals surface area (Å²) in [4.78, 5) is 14.3. The van der Waals surface area contributed by atoms with Crippen LogP contribution >= 0.6 is 15.9 Å². The summed E-state index contributed by atoms with van der Waals surface area (Å²) >= 11 is 3.29. The molecular formula is C18H21BrN2O3S. The molecule has 0 radical (unpaired) electrons. The largest absolute Gasteiger partial charge is 0.339 e. The van der Waals surface area contributed by atoms with Gasteiger partial charge in [0.05, 0.1) is 4.90 Å². The Labute approximate surface area is 157 Å². The maximum absolute atomic E-state index is 12.7. The van der Waals surface area contributed by atoms with Crippen LogP contribution in [0.15, 0.2) is 51.8 Å². The van der Waals surface area contributed by atoms with Gasteiger partial charge in [-0.25, -0.2) is 8.42 Å². The topological polar surface area (TPSA) is 66.5 Å². The lowest BCUT2D eigenvalue weighted by Gasteiger charge is -2.19. The fourth-order valence-corrected chi connectivity index (χ4v) is 4.32. The van der Waals surface area contributed by atoms with E-state index in [9.17, 15) is 13.2 Å². The molecule has 0 spiro atoms. The molecular weight excluding hydrogens is 404 g/mol. The van der Waals surface area contributed by atoms with E-state index in [2.05, 4.69) is 20.7 Å². The van der Waals surface area contributed by atoms with E-state index in [-0.39, 0.29) is 10.8 Å². The Morgan fingerprint density at radius 3 is 2.44 bits per heavy atom. The quantitative estimate of drug-likeness (QED) is 0.760. The van der Waals surface area contributed by atoms with Crippen molar-refractivity contribution < 1.29 is 13.2 Å². The van der Waals surface area contributed by atoms with Gasteiger partial charge in [-0.1, -0.05) is 28.1 Å². The van der Waals surface area contributed by atoms with Crippen LogP contribution in [0.25, 0.3) is 0 Å². The van der Waals surface area contributed by atoms with Crippen molar-refractivity contribution in [3.63, 3.8) is 0 Å². The van der Waals surface area contributed by atoms with Gasteiger partial charge in [-0.15, -0.1) is 0 Å². The summed E-state index contributed by atoms with van der Waals surface area (Å²) < 4.78 is 28.6. The van der Waals surface area contributed by atoms with Gasteiger partial charge in [0.15, 0.2) is 0 Å². The van der Waals surface area contributed by atoms with Crippen LogP contribution in [-0.4, -0.2) is 32.3 Å². The van der Waals surface area contributed by atoms with E-state index in [1.165, 1.54) is 0 Å². The van der Waals surface area contributed by atoms with Gasteiger partial charge in [0.25, 0.3) is 15.9 Å². The average Bonchev–Trinajstić information content (AvgIpc) is 2.57. The number of nitrogens with one attached hydrogen (secondary N) is 1. The molecule has 0 aromatic heterocycles. The van der Waals surface area contributed by atoms with Gasteiger partial charge in [-0.2, -0.15) is 0 Å². The molecule has 2 aromatic carbocycles. The highest BCUT2D eigenvalue weighted by atomic mass is 79.9. The summed E-state index contributed by atoms with van der Waals surface area (Å²) in [6, 6.07) is 11.6. The predicted octanol–water partition coefficient (Wildman–Crippen LogP) is 4.04. The molecule has 0 heterocycles. The number of amides is 1. The molecule has 0 fully saturated rings. The highest BCUT2D eigenvalue weighted by Gasteiger charge is 2.19. The highest BCUT2D eigenvalue weighted by Crippen LogP contribution is 2.23. The minimum absolute atomic E-state index is 0.121. The van der Waals surface area contributed by atoms with Crippen LogP contribution < -0.4 is 4.72 Å². The van der Waals surface area contributed by atoms with Gasteiger partial charge in [0, 0.05) is 28.8 Å². The molecule has 0 aliphatic heterocycles. The molecule has 0 aliphatic rings. The molecule has 0 unspecified atom stereocenters. The molecule has 0 aliphatic carbocycles. The number of carbonyl (C=O) groups is 1. The number of carbonyl (C=O) groups excluding carboxylic acids is 1. The fourth-order valence-electron chi connectivity index (χ4n) is 2.48. The van der Waals surface area contributed by atoms with Crippen LogP contribution in [0.4, 0.5) is 5.69 Å². The number of halogens is 1. The van der Waals surface area contributed by atoms with Crippen molar-refractivity contribution in [3.05, 3.63) is 58.1 Å². The number of hydrogen-bond acceptors (Lipinski definition) is 3. The summed E-state index contributed by atoms with van der Waals surface area (Å²) in [7, 11) is -3.75. The van der Waals surface area contributed by atoms with E-state index in [1.54, 1.807) is 54.3 Å². The lowest BCUT2D eigenvalue weighted by atomic mass is 10.2. The first-order valence-corrected chi connectivity index (χ1v) is 10.2. The second kappa shape index (κ2) is 8.01. The first-order chi connectivity index (χ1) is 11.8. The predicted molar refractivity (Wildman–Crippen MR) is 103 cm³/mol. The molecule has 25 heavy (non-hydrogen) atoms. The number of aryl methyl sites for hydroxylation is 1. The van der Waals surface area contributed by atoms with E-state index >= 15 is 0 Å². The smallest absolute Gasteiger partial charge is 0.262 e. The lowest BCUT2D eigenvalue weighted by Crippen LogP contribution is -2.30. The molecule has 5 nitrogen and oxygen atoms in total. The van der Waals surface area contributed by atoms with Crippen LogP contribution in [0, 0.1) is 6.92 Å². The number of hydrogen-bond donors (Lipinski definition) is 1. The van der Waals surface area contributed by atoms with Crippen molar-refractivity contribution >= 4 is 37.5 Å². The zero-order valence-electron chi connectivity index (χ0n) is 14.4. The fraction of sp³-hybridized carbons (Fsp3) is 0.278. The van der Waals surface area contributed by atoms with Crippen molar-refractivity contribution in [1.29, 1.82) is 0 Å². The van der Waals surface area contributed by atoms with E-state index in [0.717, 1.165) is 0 Å². The molecule has 1 N–H and O–H groups in total. The maximum atomic E-state index is 12.7. The number of anilines is 1. The van der Waals surface area contributed by atoms with Crippen molar-refractivity contribution in [2.45, 2.75) is 25.7 Å². The zero-order valence-corrected chi connectivity index (χ0v) is 16.8. The van der Waals surface area contributed by atoms with Crippen molar-refractivity contribution in [2.75, 3.05) is 17.8 Å².